The van der Waals surface area contributed by atoms with Crippen molar-refractivity contribution in [2.75, 3.05) is 0 Å². The third-order valence-electron chi connectivity index (χ3n) is 4.83. The lowest BCUT2D eigenvalue weighted by molar-refractivity contribution is -0.120. The van der Waals surface area contributed by atoms with E-state index in [-0.39, 0.29) is 24.7 Å². The van der Waals surface area contributed by atoms with E-state index >= 15 is 0 Å². The molecule has 0 saturated heterocycles. The Morgan fingerprint density at radius 3 is 2.69 bits per heavy atom. The van der Waals surface area contributed by atoms with E-state index in [1.165, 1.54) is 23.3 Å². The van der Waals surface area contributed by atoms with E-state index in [2.05, 4.69) is 46.6 Å². The summed E-state index contributed by atoms with van der Waals surface area (Å²) in [6.07, 6.45) is 0.0931. The second kappa shape index (κ2) is 7.79. The number of carbonyl (C=O) groups is 1. The van der Waals surface area contributed by atoms with Crippen LogP contribution in [-0.2, 0) is 17.8 Å². The van der Waals surface area contributed by atoms with E-state index in [4.69, 9.17) is 0 Å². The number of aromatic nitrogens is 4. The van der Waals surface area contributed by atoms with Gasteiger partial charge in [0, 0.05) is 5.56 Å². The maximum absolute atomic E-state index is 13.3. The standard InChI is InChI=1S/C22H20FN5O/c1-14-6-7-17(10-15(14)2)19-8-9-20-25-26-21(28(20)27-19)13-24-22(29)12-16-4-3-5-18(23)11-16/h3-11H,12-13H2,1-2H3,(H,24,29). The molecule has 0 aliphatic heterocycles. The number of rotatable bonds is 5. The molecular formula is C22H20FN5O. The first kappa shape index (κ1) is 18.7. The highest BCUT2D eigenvalue weighted by Gasteiger charge is 2.11. The predicted octanol–water partition coefficient (Wildman–Crippen LogP) is 3.41. The molecular weight excluding hydrogens is 369 g/mol. The van der Waals surface area contributed by atoms with Gasteiger partial charge in [0.15, 0.2) is 11.5 Å². The second-order valence-electron chi connectivity index (χ2n) is 6.99. The van der Waals surface area contributed by atoms with Crippen molar-refractivity contribution in [3.05, 3.63) is 82.9 Å². The summed E-state index contributed by atoms with van der Waals surface area (Å²) >= 11 is 0. The van der Waals surface area contributed by atoms with Gasteiger partial charge in [0.1, 0.15) is 5.82 Å². The lowest BCUT2D eigenvalue weighted by Crippen LogP contribution is -2.25. The molecule has 0 radical (unpaired) electrons. The van der Waals surface area contributed by atoms with Gasteiger partial charge in [-0.25, -0.2) is 4.39 Å². The van der Waals surface area contributed by atoms with Crippen LogP contribution in [0, 0.1) is 19.7 Å². The molecule has 0 atom stereocenters. The van der Waals surface area contributed by atoms with Crippen LogP contribution in [0.3, 0.4) is 0 Å². The smallest absolute Gasteiger partial charge is 0.224 e. The summed E-state index contributed by atoms with van der Waals surface area (Å²) in [6, 6.07) is 15.9. The molecule has 0 bridgehead atoms. The first-order chi connectivity index (χ1) is 14.0. The average molecular weight is 389 g/mol. The summed E-state index contributed by atoms with van der Waals surface area (Å²) in [5.74, 6) is -0.0576. The third-order valence-corrected chi connectivity index (χ3v) is 4.83. The fourth-order valence-electron chi connectivity index (χ4n) is 3.07. The van der Waals surface area contributed by atoms with Crippen LogP contribution < -0.4 is 5.32 Å². The van der Waals surface area contributed by atoms with Crippen molar-refractivity contribution in [3.8, 4) is 11.3 Å². The molecule has 7 heteroatoms. The molecule has 1 amide bonds. The Morgan fingerprint density at radius 2 is 1.90 bits per heavy atom. The Bertz CT molecular complexity index is 1200. The Labute approximate surface area is 167 Å². The van der Waals surface area contributed by atoms with Crippen LogP contribution in [0.15, 0.2) is 54.6 Å². The topological polar surface area (TPSA) is 72.2 Å². The summed E-state index contributed by atoms with van der Waals surface area (Å²) in [5.41, 5.74) is 5.44. The van der Waals surface area contributed by atoms with Gasteiger partial charge in [-0.2, -0.15) is 9.61 Å². The zero-order valence-corrected chi connectivity index (χ0v) is 16.2. The number of halogens is 1. The highest BCUT2D eigenvalue weighted by Crippen LogP contribution is 2.20. The quantitative estimate of drug-likeness (QED) is 0.568. The molecule has 1 N–H and O–H groups in total. The number of benzene rings is 2. The molecule has 2 aromatic carbocycles. The van der Waals surface area contributed by atoms with Crippen LogP contribution in [-0.4, -0.2) is 25.7 Å². The molecule has 4 rings (SSSR count). The SMILES string of the molecule is Cc1ccc(-c2ccc3nnc(CNC(=O)Cc4cccc(F)c4)n3n2)cc1C. The minimum atomic E-state index is -0.359. The van der Waals surface area contributed by atoms with E-state index < -0.39 is 0 Å². The highest BCUT2D eigenvalue weighted by atomic mass is 19.1. The van der Waals surface area contributed by atoms with Crippen LogP contribution in [0.4, 0.5) is 4.39 Å². The van der Waals surface area contributed by atoms with Gasteiger partial charge in [-0.05, 0) is 60.9 Å². The van der Waals surface area contributed by atoms with Crippen molar-refractivity contribution in [3.63, 3.8) is 0 Å². The van der Waals surface area contributed by atoms with E-state index in [1.54, 1.807) is 16.6 Å². The molecule has 0 fully saturated rings. The lowest BCUT2D eigenvalue weighted by Gasteiger charge is -2.07. The van der Waals surface area contributed by atoms with Gasteiger partial charge in [0.25, 0.3) is 0 Å². The van der Waals surface area contributed by atoms with Gasteiger partial charge >= 0.3 is 0 Å². The summed E-state index contributed by atoms with van der Waals surface area (Å²) < 4.78 is 14.9. The Morgan fingerprint density at radius 1 is 1.03 bits per heavy atom. The Hall–Kier alpha value is -3.61. The van der Waals surface area contributed by atoms with Gasteiger partial charge in [0.05, 0.1) is 18.7 Å². The van der Waals surface area contributed by atoms with Crippen LogP contribution in [0.5, 0.6) is 0 Å². The molecule has 0 aliphatic carbocycles. The largest absolute Gasteiger partial charge is 0.348 e. The van der Waals surface area contributed by atoms with E-state index in [0.717, 1.165) is 11.3 Å². The molecule has 29 heavy (non-hydrogen) atoms. The molecule has 0 aliphatic rings. The second-order valence-corrected chi connectivity index (χ2v) is 6.99. The molecule has 4 aromatic rings. The van der Waals surface area contributed by atoms with Crippen molar-refractivity contribution in [1.29, 1.82) is 0 Å². The first-order valence-corrected chi connectivity index (χ1v) is 9.30. The number of nitrogens with zero attached hydrogens (tertiary/aromatic N) is 4. The number of hydrogen-bond acceptors (Lipinski definition) is 4. The monoisotopic (exact) mass is 389 g/mol. The summed E-state index contributed by atoms with van der Waals surface area (Å²) in [5, 5.41) is 15.7. The van der Waals surface area contributed by atoms with Crippen molar-refractivity contribution < 1.29 is 9.18 Å². The number of amides is 1. The zero-order valence-electron chi connectivity index (χ0n) is 16.2. The van der Waals surface area contributed by atoms with Gasteiger partial charge in [0.2, 0.25) is 5.91 Å². The Balaban J connectivity index is 1.52. The van der Waals surface area contributed by atoms with Crippen molar-refractivity contribution >= 4 is 11.6 Å². The normalized spacial score (nSPS) is 11.0. The summed E-state index contributed by atoms with van der Waals surface area (Å²) in [4.78, 5) is 12.2. The molecule has 0 spiro atoms. The summed E-state index contributed by atoms with van der Waals surface area (Å²) in [6.45, 7) is 4.31. The molecule has 2 aromatic heterocycles. The number of aryl methyl sites for hydroxylation is 2. The van der Waals surface area contributed by atoms with Crippen molar-refractivity contribution in [2.45, 2.75) is 26.8 Å². The van der Waals surface area contributed by atoms with Crippen molar-refractivity contribution in [2.24, 2.45) is 0 Å². The number of nitrogens with one attached hydrogen (secondary N) is 1. The number of fused-ring (bicyclic) bond motifs is 1. The van der Waals surface area contributed by atoms with Gasteiger partial charge in [-0.3, -0.25) is 4.79 Å². The van der Waals surface area contributed by atoms with Crippen LogP contribution in [0.25, 0.3) is 16.9 Å². The van der Waals surface area contributed by atoms with Crippen LogP contribution in [0.1, 0.15) is 22.5 Å². The van der Waals surface area contributed by atoms with Gasteiger partial charge in [-0.1, -0.05) is 24.3 Å². The molecule has 2 heterocycles. The lowest BCUT2D eigenvalue weighted by atomic mass is 10.0. The molecule has 0 saturated carbocycles. The highest BCUT2D eigenvalue weighted by molar-refractivity contribution is 5.78. The average Bonchev–Trinajstić information content (AvgIpc) is 3.11. The minimum absolute atomic E-state index is 0.0931. The van der Waals surface area contributed by atoms with E-state index in [9.17, 15) is 9.18 Å². The van der Waals surface area contributed by atoms with Gasteiger partial charge in [-0.15, -0.1) is 10.2 Å². The fourth-order valence-corrected chi connectivity index (χ4v) is 3.07. The van der Waals surface area contributed by atoms with E-state index in [1.807, 2.05) is 18.2 Å². The van der Waals surface area contributed by atoms with E-state index in [0.29, 0.717) is 17.0 Å². The molecule has 146 valence electrons. The van der Waals surface area contributed by atoms with Crippen LogP contribution >= 0.6 is 0 Å². The fraction of sp³-hybridized carbons (Fsp3) is 0.182. The van der Waals surface area contributed by atoms with Crippen molar-refractivity contribution in [1.82, 2.24) is 25.1 Å². The first-order valence-electron chi connectivity index (χ1n) is 9.30. The molecule has 6 nitrogen and oxygen atoms in total. The van der Waals surface area contributed by atoms with Crippen LogP contribution in [0.2, 0.25) is 0 Å². The molecule has 0 unspecified atom stereocenters. The number of hydrogen-bond donors (Lipinski definition) is 1. The maximum Gasteiger partial charge on any atom is 0.224 e. The predicted molar refractivity (Wildman–Crippen MR) is 108 cm³/mol. The summed E-state index contributed by atoms with van der Waals surface area (Å²) in [7, 11) is 0. The zero-order chi connectivity index (χ0) is 20.4. The third kappa shape index (κ3) is 4.13. The Kier molecular flexibility index (Phi) is 5.03. The maximum atomic E-state index is 13.3. The van der Waals surface area contributed by atoms with Gasteiger partial charge < -0.3 is 5.32 Å². The number of carbonyl (C=O) groups excluding carboxylic acids is 1. The minimum Gasteiger partial charge on any atom is -0.348 e.